The third kappa shape index (κ3) is 4.86. The molecule has 0 fully saturated rings. The fourth-order valence-electron chi connectivity index (χ4n) is 2.54. The van der Waals surface area contributed by atoms with Crippen molar-refractivity contribution >= 4 is 17.4 Å². The summed E-state index contributed by atoms with van der Waals surface area (Å²) in [5.74, 6) is 0.203. The first-order valence-corrected chi connectivity index (χ1v) is 7.79. The first-order chi connectivity index (χ1) is 9.96. The number of amides is 1. The molecule has 0 aliphatic rings. The minimum atomic E-state index is -0.988. The number of hydrogen-bond acceptors (Lipinski definition) is 3. The van der Waals surface area contributed by atoms with Gasteiger partial charge in [0.1, 0.15) is 0 Å². The molecular weight excluding hydrogens is 284 g/mol. The highest BCUT2D eigenvalue weighted by Crippen LogP contribution is 2.30. The van der Waals surface area contributed by atoms with Gasteiger partial charge in [-0.3, -0.25) is 0 Å². The average molecular weight is 304 g/mol. The Bertz CT molecular complexity index is 567. The van der Waals surface area contributed by atoms with Crippen molar-refractivity contribution in [2.75, 3.05) is 0 Å². The van der Waals surface area contributed by atoms with Crippen LogP contribution in [0.3, 0.4) is 0 Å². The van der Waals surface area contributed by atoms with Crippen molar-refractivity contribution in [1.29, 1.82) is 0 Å². The summed E-state index contributed by atoms with van der Waals surface area (Å²) in [6, 6.07) is 10.2. The Morgan fingerprint density at radius 2 is 2.10 bits per heavy atom. The molecule has 0 saturated heterocycles. The number of benzene rings is 1. The van der Waals surface area contributed by atoms with E-state index in [2.05, 4.69) is 22.4 Å². The van der Waals surface area contributed by atoms with Gasteiger partial charge in [0.05, 0.1) is 5.01 Å². The summed E-state index contributed by atoms with van der Waals surface area (Å²) in [5, 5.41) is 14.6. The first kappa shape index (κ1) is 15.5. The van der Waals surface area contributed by atoms with Crippen LogP contribution in [-0.2, 0) is 6.42 Å². The molecule has 2 N–H and O–H groups in total. The predicted octanol–water partition coefficient (Wildman–Crippen LogP) is 3.91. The number of hydrogen-bond donors (Lipinski definition) is 2. The zero-order valence-electron chi connectivity index (χ0n) is 12.2. The highest BCUT2D eigenvalue weighted by molar-refractivity contribution is 7.09. The lowest BCUT2D eigenvalue weighted by Gasteiger charge is -2.29. The lowest BCUT2D eigenvalue weighted by atomic mass is 9.87. The highest BCUT2D eigenvalue weighted by atomic mass is 32.1. The van der Waals surface area contributed by atoms with E-state index in [0.29, 0.717) is 6.42 Å². The van der Waals surface area contributed by atoms with E-state index in [4.69, 9.17) is 5.11 Å². The Labute approximate surface area is 128 Å². The van der Waals surface area contributed by atoms with Crippen molar-refractivity contribution in [2.24, 2.45) is 0 Å². The van der Waals surface area contributed by atoms with E-state index >= 15 is 0 Å². The Morgan fingerprint density at radius 3 is 2.67 bits per heavy atom. The van der Waals surface area contributed by atoms with Crippen molar-refractivity contribution in [2.45, 2.75) is 38.1 Å². The van der Waals surface area contributed by atoms with Crippen LogP contribution >= 0.6 is 11.3 Å². The molecule has 0 radical (unpaired) electrons. The highest BCUT2D eigenvalue weighted by Gasteiger charge is 2.27. The van der Waals surface area contributed by atoms with Crippen LogP contribution in [0.4, 0.5) is 4.79 Å². The van der Waals surface area contributed by atoms with E-state index < -0.39 is 11.6 Å². The lowest BCUT2D eigenvalue weighted by Crippen LogP contribution is -2.43. The smallest absolute Gasteiger partial charge is 0.405 e. The Balaban J connectivity index is 2.15. The first-order valence-electron chi connectivity index (χ1n) is 6.91. The number of aromatic nitrogens is 1. The molecule has 21 heavy (non-hydrogen) atoms. The van der Waals surface area contributed by atoms with Gasteiger partial charge in [0.15, 0.2) is 0 Å². The van der Waals surface area contributed by atoms with E-state index in [1.54, 1.807) is 17.5 Å². The van der Waals surface area contributed by atoms with Crippen LogP contribution < -0.4 is 5.32 Å². The molecule has 5 heteroatoms. The van der Waals surface area contributed by atoms with E-state index in [0.717, 1.165) is 11.4 Å². The second-order valence-electron chi connectivity index (χ2n) is 5.78. The maximum atomic E-state index is 10.9. The second kappa shape index (κ2) is 6.72. The van der Waals surface area contributed by atoms with Crippen molar-refractivity contribution in [3.8, 4) is 0 Å². The van der Waals surface area contributed by atoms with E-state index in [-0.39, 0.29) is 5.92 Å². The van der Waals surface area contributed by atoms with Gasteiger partial charge in [-0.15, -0.1) is 11.3 Å². The van der Waals surface area contributed by atoms with E-state index in [1.807, 2.05) is 37.4 Å². The summed E-state index contributed by atoms with van der Waals surface area (Å²) in [5.41, 5.74) is 0.751. The van der Waals surface area contributed by atoms with Gasteiger partial charge < -0.3 is 10.4 Å². The molecule has 1 aromatic carbocycles. The minimum absolute atomic E-state index is 0.203. The van der Waals surface area contributed by atoms with Gasteiger partial charge in [-0.05, 0) is 32.3 Å². The molecule has 2 rings (SSSR count). The summed E-state index contributed by atoms with van der Waals surface area (Å²) >= 11 is 1.62. The van der Waals surface area contributed by atoms with Gasteiger partial charge in [0, 0.05) is 23.0 Å². The molecule has 4 nitrogen and oxygen atoms in total. The summed E-state index contributed by atoms with van der Waals surface area (Å²) in [6.07, 6.45) is 2.38. The van der Waals surface area contributed by atoms with Crippen LogP contribution in [0.1, 0.15) is 36.8 Å². The lowest BCUT2D eigenvalue weighted by molar-refractivity contribution is 0.179. The van der Waals surface area contributed by atoms with E-state index in [1.165, 1.54) is 5.56 Å². The van der Waals surface area contributed by atoms with Gasteiger partial charge in [0.2, 0.25) is 0 Å². The van der Waals surface area contributed by atoms with Crippen molar-refractivity contribution in [1.82, 2.24) is 10.3 Å². The van der Waals surface area contributed by atoms with Gasteiger partial charge in [-0.25, -0.2) is 9.78 Å². The van der Waals surface area contributed by atoms with Crippen molar-refractivity contribution in [3.05, 3.63) is 52.5 Å². The molecule has 0 aliphatic carbocycles. The van der Waals surface area contributed by atoms with Gasteiger partial charge in [-0.2, -0.15) is 0 Å². The van der Waals surface area contributed by atoms with Crippen LogP contribution in [0.5, 0.6) is 0 Å². The summed E-state index contributed by atoms with van der Waals surface area (Å²) in [7, 11) is 0. The largest absolute Gasteiger partial charge is 0.465 e. The summed E-state index contributed by atoms with van der Waals surface area (Å²) in [4.78, 5) is 15.3. The zero-order chi connectivity index (χ0) is 15.3. The quantitative estimate of drug-likeness (QED) is 0.850. The predicted molar refractivity (Wildman–Crippen MR) is 84.9 cm³/mol. The molecule has 1 aromatic heterocycles. The molecule has 0 saturated carbocycles. The number of carboxylic acid groups (broad SMARTS) is 1. The Morgan fingerprint density at radius 1 is 1.38 bits per heavy atom. The monoisotopic (exact) mass is 304 g/mol. The molecular formula is C16H20N2O2S. The third-order valence-corrected chi connectivity index (χ3v) is 4.27. The SMILES string of the molecule is CC(C)(C[C@H](Cc1ccccc1)c1nccs1)NC(=O)O. The number of thiazole rings is 1. The summed E-state index contributed by atoms with van der Waals surface area (Å²) < 4.78 is 0. The van der Waals surface area contributed by atoms with Crippen molar-refractivity contribution in [3.63, 3.8) is 0 Å². The Hall–Kier alpha value is -1.88. The number of nitrogens with one attached hydrogen (secondary N) is 1. The molecule has 0 unspecified atom stereocenters. The topological polar surface area (TPSA) is 62.2 Å². The normalized spacial score (nSPS) is 12.9. The number of carbonyl (C=O) groups is 1. The minimum Gasteiger partial charge on any atom is -0.465 e. The molecule has 0 bridgehead atoms. The molecule has 2 aromatic rings. The molecule has 0 spiro atoms. The summed E-state index contributed by atoms with van der Waals surface area (Å²) in [6.45, 7) is 3.82. The number of rotatable bonds is 6. The van der Waals surface area contributed by atoms with Crippen LogP contribution in [0, 0.1) is 0 Å². The molecule has 112 valence electrons. The van der Waals surface area contributed by atoms with Crippen LogP contribution in [0.25, 0.3) is 0 Å². The molecule has 0 aliphatic heterocycles. The standard InChI is InChI=1S/C16H20N2O2S/c1-16(2,18-15(19)20)11-13(14-17-8-9-21-14)10-12-6-4-3-5-7-12/h3-9,13,18H,10-11H2,1-2H3,(H,19,20)/t13-/m0/s1. The van der Waals surface area contributed by atoms with Crippen LogP contribution in [0.15, 0.2) is 41.9 Å². The fourth-order valence-corrected chi connectivity index (χ4v) is 3.28. The maximum Gasteiger partial charge on any atom is 0.405 e. The average Bonchev–Trinajstić information content (AvgIpc) is 2.91. The second-order valence-corrected chi connectivity index (χ2v) is 6.70. The Kier molecular flexibility index (Phi) is 4.96. The third-order valence-electron chi connectivity index (χ3n) is 3.33. The molecule has 1 atom stereocenters. The molecule has 1 amide bonds. The fraction of sp³-hybridized carbons (Fsp3) is 0.375. The van der Waals surface area contributed by atoms with E-state index in [9.17, 15) is 4.79 Å². The van der Waals surface area contributed by atoms with Crippen LogP contribution in [0.2, 0.25) is 0 Å². The van der Waals surface area contributed by atoms with Crippen LogP contribution in [-0.4, -0.2) is 21.7 Å². The maximum absolute atomic E-state index is 10.9. The number of nitrogens with zero attached hydrogens (tertiary/aromatic N) is 1. The molecule has 1 heterocycles. The van der Waals surface area contributed by atoms with Crippen molar-refractivity contribution < 1.29 is 9.90 Å². The van der Waals surface area contributed by atoms with Gasteiger partial charge in [0.25, 0.3) is 0 Å². The van der Waals surface area contributed by atoms with Gasteiger partial charge in [-0.1, -0.05) is 30.3 Å². The van der Waals surface area contributed by atoms with Gasteiger partial charge >= 0.3 is 6.09 Å². The zero-order valence-corrected chi connectivity index (χ0v) is 13.1.